The highest BCUT2D eigenvalue weighted by molar-refractivity contribution is 7.99. The van der Waals surface area contributed by atoms with E-state index in [1.807, 2.05) is 54.6 Å². The third-order valence-corrected chi connectivity index (χ3v) is 5.22. The molecule has 1 saturated heterocycles. The molecule has 1 fully saturated rings. The number of likely N-dealkylation sites (tertiary alicyclic amines) is 1. The zero-order valence-electron chi connectivity index (χ0n) is 14.1. The van der Waals surface area contributed by atoms with Gasteiger partial charge in [0.1, 0.15) is 0 Å². The van der Waals surface area contributed by atoms with Crippen molar-refractivity contribution in [2.75, 3.05) is 18.4 Å². The molecule has 4 nitrogen and oxygen atoms in total. The maximum Gasteiger partial charge on any atom is 0.244 e. The Hall–Kier alpha value is -2.27. The Morgan fingerprint density at radius 2 is 1.76 bits per heavy atom. The average Bonchev–Trinajstić information content (AvgIpc) is 2.82. The fourth-order valence-electron chi connectivity index (χ4n) is 2.84. The fraction of sp³-hybridized carbons (Fsp3) is 0.300. The van der Waals surface area contributed by atoms with Crippen LogP contribution in [0.5, 0.6) is 0 Å². The van der Waals surface area contributed by atoms with Gasteiger partial charge in [0.25, 0.3) is 0 Å². The smallest absolute Gasteiger partial charge is 0.244 e. The molecule has 3 rings (SSSR count). The summed E-state index contributed by atoms with van der Waals surface area (Å²) in [7, 11) is 0. The summed E-state index contributed by atoms with van der Waals surface area (Å²) in [5.41, 5.74) is 0.781. The molecule has 1 N–H and O–H groups in total. The number of hydrogen-bond acceptors (Lipinski definition) is 3. The van der Waals surface area contributed by atoms with Crippen molar-refractivity contribution in [3.8, 4) is 0 Å². The van der Waals surface area contributed by atoms with Crippen molar-refractivity contribution < 1.29 is 9.59 Å². The molecular formula is C20H22N2O2S. The molecule has 0 bridgehead atoms. The lowest BCUT2D eigenvalue weighted by atomic mass is 10.2. The molecule has 5 heteroatoms. The van der Waals surface area contributed by atoms with E-state index in [1.165, 1.54) is 0 Å². The van der Waals surface area contributed by atoms with Crippen molar-refractivity contribution in [3.05, 3.63) is 54.6 Å². The third kappa shape index (κ3) is 5.10. The second kappa shape index (κ2) is 8.72. The van der Waals surface area contributed by atoms with Crippen molar-refractivity contribution in [2.24, 2.45) is 0 Å². The van der Waals surface area contributed by atoms with Gasteiger partial charge in [0.05, 0.1) is 12.2 Å². The lowest BCUT2D eigenvalue weighted by Crippen LogP contribution is -2.37. The highest BCUT2D eigenvalue weighted by Crippen LogP contribution is 2.33. The molecule has 1 heterocycles. The number of rotatable bonds is 5. The van der Waals surface area contributed by atoms with Gasteiger partial charge >= 0.3 is 0 Å². The van der Waals surface area contributed by atoms with Crippen LogP contribution >= 0.6 is 11.8 Å². The molecule has 2 amide bonds. The molecule has 0 atom stereocenters. The van der Waals surface area contributed by atoms with Crippen molar-refractivity contribution in [1.82, 2.24) is 4.90 Å². The zero-order chi connectivity index (χ0) is 17.5. The van der Waals surface area contributed by atoms with Crippen molar-refractivity contribution in [1.29, 1.82) is 0 Å². The van der Waals surface area contributed by atoms with Crippen LogP contribution in [0.15, 0.2) is 64.4 Å². The molecule has 2 aromatic carbocycles. The first kappa shape index (κ1) is 17.5. The maximum absolute atomic E-state index is 12.4. The average molecular weight is 354 g/mol. The highest BCUT2D eigenvalue weighted by atomic mass is 32.2. The fourth-order valence-corrected chi connectivity index (χ4v) is 3.77. The molecule has 0 spiro atoms. The predicted octanol–water partition coefficient (Wildman–Crippen LogP) is 4.18. The molecule has 1 aliphatic rings. The molecule has 0 unspecified atom stereocenters. The first-order chi connectivity index (χ1) is 12.2. The Balaban J connectivity index is 1.66. The van der Waals surface area contributed by atoms with Gasteiger partial charge in [-0.3, -0.25) is 9.59 Å². The summed E-state index contributed by atoms with van der Waals surface area (Å²) in [6.45, 7) is 0.801. The Labute approximate surface area is 152 Å². The number of carbonyl (C=O) groups is 2. The lowest BCUT2D eigenvalue weighted by molar-refractivity contribution is -0.134. The number of para-hydroxylation sites is 1. The Morgan fingerprint density at radius 3 is 2.60 bits per heavy atom. The minimum Gasteiger partial charge on any atom is -0.333 e. The van der Waals surface area contributed by atoms with Crippen LogP contribution in [-0.4, -0.2) is 29.8 Å². The first-order valence-corrected chi connectivity index (χ1v) is 9.43. The largest absolute Gasteiger partial charge is 0.333 e. The van der Waals surface area contributed by atoms with E-state index >= 15 is 0 Å². The Kier molecular flexibility index (Phi) is 6.12. The molecule has 25 heavy (non-hydrogen) atoms. The molecule has 0 aromatic heterocycles. The number of anilines is 1. The van der Waals surface area contributed by atoms with Crippen LogP contribution in [0.25, 0.3) is 0 Å². The topological polar surface area (TPSA) is 49.4 Å². The Bertz CT molecular complexity index is 733. The highest BCUT2D eigenvalue weighted by Gasteiger charge is 2.19. The standard InChI is InChI=1S/C20H22N2O2S/c23-19(15-22-14-8-2-5-13-20(22)24)21-17-11-6-7-12-18(17)25-16-9-3-1-4-10-16/h1,3-4,6-7,9-12H,2,5,8,13-15H2,(H,21,23). The molecule has 0 saturated carbocycles. The van der Waals surface area contributed by atoms with Gasteiger partial charge in [-0.2, -0.15) is 0 Å². The summed E-state index contributed by atoms with van der Waals surface area (Å²) >= 11 is 1.61. The second-order valence-electron chi connectivity index (χ2n) is 6.09. The van der Waals surface area contributed by atoms with Crippen LogP contribution in [-0.2, 0) is 9.59 Å². The van der Waals surface area contributed by atoms with Gasteiger partial charge in [0.15, 0.2) is 0 Å². The van der Waals surface area contributed by atoms with E-state index in [9.17, 15) is 9.59 Å². The molecule has 1 aliphatic heterocycles. The summed E-state index contributed by atoms with van der Waals surface area (Å²) in [6, 6.07) is 17.8. The molecule has 0 aliphatic carbocycles. The Morgan fingerprint density at radius 1 is 1.00 bits per heavy atom. The van der Waals surface area contributed by atoms with E-state index < -0.39 is 0 Å². The number of carbonyl (C=O) groups excluding carboxylic acids is 2. The number of amides is 2. The van der Waals surface area contributed by atoms with Gasteiger partial charge in [-0.05, 0) is 37.1 Å². The maximum atomic E-state index is 12.4. The van der Waals surface area contributed by atoms with Crippen LogP contribution in [0.2, 0.25) is 0 Å². The minimum atomic E-state index is -0.142. The van der Waals surface area contributed by atoms with Gasteiger partial charge in [-0.25, -0.2) is 0 Å². The molecular weight excluding hydrogens is 332 g/mol. The van der Waals surface area contributed by atoms with Crippen LogP contribution in [0.4, 0.5) is 5.69 Å². The van der Waals surface area contributed by atoms with Gasteiger partial charge in [0, 0.05) is 22.8 Å². The van der Waals surface area contributed by atoms with Gasteiger partial charge < -0.3 is 10.2 Å². The van der Waals surface area contributed by atoms with Crippen LogP contribution in [0.1, 0.15) is 25.7 Å². The van der Waals surface area contributed by atoms with E-state index in [4.69, 9.17) is 0 Å². The van der Waals surface area contributed by atoms with Gasteiger partial charge in [-0.15, -0.1) is 0 Å². The summed E-state index contributed by atoms with van der Waals surface area (Å²) in [5.74, 6) is -0.0593. The number of hydrogen-bond donors (Lipinski definition) is 1. The lowest BCUT2D eigenvalue weighted by Gasteiger charge is -2.20. The monoisotopic (exact) mass is 354 g/mol. The normalized spacial score (nSPS) is 14.9. The van der Waals surface area contributed by atoms with E-state index in [2.05, 4.69) is 5.32 Å². The van der Waals surface area contributed by atoms with Gasteiger partial charge in [0.2, 0.25) is 11.8 Å². The van der Waals surface area contributed by atoms with E-state index in [-0.39, 0.29) is 18.4 Å². The zero-order valence-corrected chi connectivity index (χ0v) is 14.9. The number of benzene rings is 2. The quantitative estimate of drug-likeness (QED) is 0.876. The van der Waals surface area contributed by atoms with E-state index in [0.717, 1.165) is 34.7 Å². The first-order valence-electron chi connectivity index (χ1n) is 8.62. The number of nitrogens with zero attached hydrogens (tertiary/aromatic N) is 1. The molecule has 0 radical (unpaired) electrons. The van der Waals surface area contributed by atoms with E-state index in [1.54, 1.807) is 16.7 Å². The minimum absolute atomic E-state index is 0.0830. The summed E-state index contributed by atoms with van der Waals surface area (Å²) in [5, 5.41) is 2.97. The number of nitrogens with one attached hydrogen (secondary N) is 1. The SMILES string of the molecule is O=C(CN1CCCCCC1=O)Nc1ccccc1Sc1ccccc1. The molecule has 2 aromatic rings. The van der Waals surface area contributed by atoms with Crippen LogP contribution in [0.3, 0.4) is 0 Å². The van der Waals surface area contributed by atoms with E-state index in [0.29, 0.717) is 13.0 Å². The predicted molar refractivity (Wildman–Crippen MR) is 101 cm³/mol. The van der Waals surface area contributed by atoms with Gasteiger partial charge in [-0.1, -0.05) is 48.5 Å². The summed E-state index contributed by atoms with van der Waals surface area (Å²) in [4.78, 5) is 28.3. The van der Waals surface area contributed by atoms with Crippen molar-refractivity contribution >= 4 is 29.3 Å². The second-order valence-corrected chi connectivity index (χ2v) is 7.20. The summed E-state index contributed by atoms with van der Waals surface area (Å²) in [6.07, 6.45) is 3.50. The third-order valence-electron chi connectivity index (χ3n) is 4.14. The van der Waals surface area contributed by atoms with Crippen LogP contribution in [0, 0.1) is 0 Å². The molecule has 130 valence electrons. The van der Waals surface area contributed by atoms with Crippen LogP contribution < -0.4 is 5.32 Å². The van der Waals surface area contributed by atoms with Crippen molar-refractivity contribution in [3.63, 3.8) is 0 Å². The summed E-state index contributed by atoms with van der Waals surface area (Å²) < 4.78 is 0. The van der Waals surface area contributed by atoms with Crippen molar-refractivity contribution in [2.45, 2.75) is 35.5 Å².